The van der Waals surface area contributed by atoms with Crippen LogP contribution >= 0.6 is 0 Å². The summed E-state index contributed by atoms with van der Waals surface area (Å²) in [5.74, 6) is -6.52. The highest BCUT2D eigenvalue weighted by Gasteiger charge is 2.40. The van der Waals surface area contributed by atoms with Gasteiger partial charge in [-0.1, -0.05) is 135 Å². The van der Waals surface area contributed by atoms with Crippen LogP contribution in [0.25, 0.3) is 10.9 Å². The number of para-hydroxylation sites is 1. The smallest absolute Gasteiger partial charge is 0.408 e. The van der Waals surface area contributed by atoms with Crippen molar-refractivity contribution in [2.45, 2.75) is 127 Å². The van der Waals surface area contributed by atoms with Crippen molar-refractivity contribution in [3.8, 4) is 5.75 Å². The molecule has 0 spiro atoms. The molecule has 6 aromatic rings. The third-order valence-corrected chi connectivity index (χ3v) is 15.9. The summed E-state index contributed by atoms with van der Waals surface area (Å²) < 4.78 is 11.4. The second kappa shape index (κ2) is 36.2. The lowest BCUT2D eigenvalue weighted by atomic mass is 9.99. The number of phenols is 1. The van der Waals surface area contributed by atoms with Crippen LogP contribution < -0.4 is 48.7 Å². The lowest BCUT2D eigenvalue weighted by molar-refractivity contribution is -0.144. The second-order valence-corrected chi connectivity index (χ2v) is 23.9. The lowest BCUT2D eigenvalue weighted by Crippen LogP contribution is -2.61. The van der Waals surface area contributed by atoms with Crippen LogP contribution in [0, 0.1) is 5.92 Å². The van der Waals surface area contributed by atoms with Crippen LogP contribution in [0.5, 0.6) is 5.75 Å². The molecule has 1 aliphatic rings. The maximum absolute atomic E-state index is 15.0. The first-order valence-electron chi connectivity index (χ1n) is 31.6. The maximum Gasteiger partial charge on any atom is 0.408 e. The quantitative estimate of drug-likeness (QED) is 0.0157. The van der Waals surface area contributed by atoms with E-state index in [4.69, 9.17) is 20.9 Å². The van der Waals surface area contributed by atoms with Gasteiger partial charge in [-0.2, -0.15) is 0 Å². The van der Waals surface area contributed by atoms with Crippen molar-refractivity contribution in [2.75, 3.05) is 40.4 Å². The first-order chi connectivity index (χ1) is 45.6. The number of carbonyl (C=O) groups is 9. The molecular weight excluding hydrogens is 1220 g/mol. The number of benzene rings is 5. The number of aromatic amines is 1. The number of ether oxygens (including phenoxy) is 2. The highest BCUT2D eigenvalue weighted by molar-refractivity contribution is 5.99. The number of fused-ring (bicyclic) bond motifs is 1. The molecular formula is C69H87N13O13. The van der Waals surface area contributed by atoms with Crippen molar-refractivity contribution >= 4 is 70.2 Å². The van der Waals surface area contributed by atoms with Crippen LogP contribution in [0.2, 0.25) is 0 Å². The lowest BCUT2D eigenvalue weighted by Gasteiger charge is -2.31. The van der Waals surface area contributed by atoms with E-state index < -0.39 is 102 Å². The Kier molecular flexibility index (Phi) is 27.5. The molecule has 14 N–H and O–H groups in total. The Morgan fingerprint density at radius 2 is 1.09 bits per heavy atom. The zero-order valence-corrected chi connectivity index (χ0v) is 53.8. The second-order valence-electron chi connectivity index (χ2n) is 23.9. The van der Waals surface area contributed by atoms with E-state index in [1.165, 1.54) is 34.1 Å². The fourth-order valence-corrected chi connectivity index (χ4v) is 10.9. The first kappa shape index (κ1) is 72.1. The van der Waals surface area contributed by atoms with Crippen LogP contribution in [0.1, 0.15) is 73.8 Å². The molecule has 7 rings (SSSR count). The number of rotatable bonds is 34. The van der Waals surface area contributed by atoms with E-state index in [0.29, 0.717) is 40.5 Å². The van der Waals surface area contributed by atoms with Gasteiger partial charge in [0.2, 0.25) is 47.3 Å². The number of aliphatic imine (C=N–C) groups is 1. The van der Waals surface area contributed by atoms with Gasteiger partial charge in [0, 0.05) is 63.5 Å². The van der Waals surface area contributed by atoms with Crippen LogP contribution in [0.15, 0.2) is 151 Å². The summed E-state index contributed by atoms with van der Waals surface area (Å²) in [6, 6.07) is 28.8. The molecule has 5 aromatic carbocycles. The molecule has 0 unspecified atom stereocenters. The van der Waals surface area contributed by atoms with Gasteiger partial charge in [0.25, 0.3) is 0 Å². The van der Waals surface area contributed by atoms with Gasteiger partial charge in [-0.15, -0.1) is 0 Å². The van der Waals surface area contributed by atoms with Gasteiger partial charge in [-0.3, -0.25) is 43.3 Å². The molecule has 506 valence electrons. The summed E-state index contributed by atoms with van der Waals surface area (Å²) in [5, 5.41) is 40.8. The fraction of sp³-hybridized carbons (Fsp3) is 0.391. The van der Waals surface area contributed by atoms with Gasteiger partial charge in [0.05, 0.1) is 19.8 Å². The van der Waals surface area contributed by atoms with Crippen LogP contribution in [0.3, 0.4) is 0 Å². The number of likely N-dealkylation sites (N-methyl/N-ethyl adjacent to an activating group) is 1. The number of aromatic nitrogens is 1. The minimum absolute atomic E-state index is 0.0567. The van der Waals surface area contributed by atoms with Gasteiger partial charge >= 0.3 is 6.09 Å². The van der Waals surface area contributed by atoms with Gasteiger partial charge in [-0.25, -0.2) is 4.79 Å². The zero-order chi connectivity index (χ0) is 68.4. The Morgan fingerprint density at radius 1 is 0.600 bits per heavy atom. The van der Waals surface area contributed by atoms with E-state index in [2.05, 4.69) is 47.2 Å². The number of aromatic hydroxyl groups is 1. The minimum Gasteiger partial charge on any atom is -0.508 e. The number of nitrogens with zero attached hydrogens (tertiary/aromatic N) is 3. The third kappa shape index (κ3) is 22.4. The average molecular weight is 1310 g/mol. The number of nitrogens with one attached hydrogen (secondary N) is 8. The summed E-state index contributed by atoms with van der Waals surface area (Å²) in [5.41, 5.74) is 14.9. The topological polar surface area (TPSA) is 383 Å². The number of aliphatic hydroxyl groups is 1. The normalized spacial score (nSPS) is 14.9. The van der Waals surface area contributed by atoms with E-state index in [-0.39, 0.29) is 95.0 Å². The largest absolute Gasteiger partial charge is 0.508 e. The molecule has 1 fully saturated rings. The summed E-state index contributed by atoms with van der Waals surface area (Å²) in [7, 11) is 3.19. The predicted octanol–water partition coefficient (Wildman–Crippen LogP) is 2.49. The highest BCUT2D eigenvalue weighted by Crippen LogP contribution is 2.23. The first-order valence-corrected chi connectivity index (χ1v) is 31.6. The number of guanidine groups is 1. The Hall–Kier alpha value is -10.3. The number of nitrogens with two attached hydrogens (primary N) is 2. The van der Waals surface area contributed by atoms with Gasteiger partial charge in [-0.05, 0) is 84.0 Å². The number of alkyl carbamates (subject to hydrolysis) is 1. The van der Waals surface area contributed by atoms with E-state index in [9.17, 15) is 53.4 Å². The standard InChI is InChI=1S/C69H87N13O13/c1-43(2)34-53(60(85)74-52(26-16-32-72-68(70)71)66(91)82-33-17-27-59(82)67(92)81(3)4)75-61(86)54(35-44-18-8-5-9-19-44)76-62(87)55(36-45-28-30-49(84)31-29-45)77-64(89)57(39-83)79-63(88)56(37-48-38-73-51-25-15-14-24-50(48)51)78-65(90)58(42-94-40-46-20-10-6-11-21-46)80-69(93)95-41-47-22-12-7-13-23-47/h5-15,18-25,28-31,38,43,52-59,73,83-84H,16-17,26-27,32-37,39-42H2,1-4H3,(H,74,85)(H,75,86)(H,76,87)(H,77,89)(H,78,90)(H,79,88)(H,80,93)(H4,70,71,72)/t52-,53-,54+,55-,56-,57-,58-,59-/m0/s1. The molecule has 26 nitrogen and oxygen atoms in total. The Balaban J connectivity index is 1.13. The Labute approximate surface area is 551 Å². The number of aliphatic hydroxyl groups excluding tert-OH is 1. The van der Waals surface area contributed by atoms with E-state index in [1.807, 2.05) is 62.4 Å². The minimum atomic E-state index is -1.78. The number of hydrogen-bond acceptors (Lipinski definition) is 14. The fourth-order valence-electron chi connectivity index (χ4n) is 10.9. The molecule has 9 amide bonds. The molecule has 0 radical (unpaired) electrons. The zero-order valence-electron chi connectivity index (χ0n) is 53.8. The van der Waals surface area contributed by atoms with Crippen LogP contribution in [-0.4, -0.2) is 173 Å². The molecule has 8 atom stereocenters. The highest BCUT2D eigenvalue weighted by atomic mass is 16.5. The Morgan fingerprint density at radius 3 is 1.67 bits per heavy atom. The predicted molar refractivity (Wildman–Crippen MR) is 355 cm³/mol. The molecule has 0 bridgehead atoms. The van der Waals surface area contributed by atoms with E-state index >= 15 is 0 Å². The summed E-state index contributed by atoms with van der Waals surface area (Å²) in [6.07, 6.45) is 1.55. The number of carbonyl (C=O) groups excluding carboxylic acids is 9. The van der Waals surface area contributed by atoms with E-state index in [1.54, 1.807) is 87.0 Å². The van der Waals surface area contributed by atoms with Crippen molar-refractivity contribution in [3.05, 3.63) is 174 Å². The number of amides is 9. The monoisotopic (exact) mass is 1310 g/mol. The molecule has 1 saturated heterocycles. The Bertz CT molecular complexity index is 3550. The average Bonchev–Trinajstić information content (AvgIpc) is 1.77. The molecule has 26 heteroatoms. The molecule has 1 aliphatic heterocycles. The molecule has 0 saturated carbocycles. The van der Waals surface area contributed by atoms with E-state index in [0.717, 1.165) is 11.1 Å². The number of likely N-dealkylation sites (tertiary alicyclic amines) is 1. The summed E-state index contributed by atoms with van der Waals surface area (Å²) in [4.78, 5) is 139. The number of H-pyrrole nitrogens is 1. The molecule has 1 aromatic heterocycles. The molecule has 95 heavy (non-hydrogen) atoms. The van der Waals surface area contributed by atoms with Crippen molar-refractivity contribution in [1.82, 2.24) is 52.0 Å². The third-order valence-electron chi connectivity index (χ3n) is 15.9. The summed E-state index contributed by atoms with van der Waals surface area (Å²) >= 11 is 0. The van der Waals surface area contributed by atoms with Crippen LogP contribution in [0.4, 0.5) is 4.79 Å². The number of hydrogen-bond donors (Lipinski definition) is 12. The van der Waals surface area contributed by atoms with Gasteiger partial charge in [0.1, 0.15) is 60.7 Å². The molecule has 0 aliphatic carbocycles. The van der Waals surface area contributed by atoms with Crippen LogP contribution in [-0.2, 0) is 80.3 Å². The molecule has 2 heterocycles. The number of phenolic OH excluding ortho intramolecular Hbond substituents is 1. The van der Waals surface area contributed by atoms with Crippen molar-refractivity contribution in [3.63, 3.8) is 0 Å². The van der Waals surface area contributed by atoms with Gasteiger partial charge in [0.15, 0.2) is 5.96 Å². The van der Waals surface area contributed by atoms with Crippen molar-refractivity contribution in [2.24, 2.45) is 22.4 Å². The SMILES string of the molecule is CC(C)C[C@H](NC(=O)[C@@H](Cc1ccccc1)NC(=O)[C@H](Cc1ccc(O)cc1)NC(=O)[C@H](CO)NC(=O)[C@H](Cc1c[nH]c2ccccc12)NC(=O)[C@H](COCc1ccccc1)NC(=O)OCc1ccccc1)C(=O)N[C@@H](CCCN=C(N)N)C(=O)N1CCC[C@H]1C(=O)N(C)C. The van der Waals surface area contributed by atoms with Crippen molar-refractivity contribution in [1.29, 1.82) is 0 Å². The van der Waals surface area contributed by atoms with Crippen molar-refractivity contribution < 1.29 is 62.8 Å². The maximum atomic E-state index is 15.0. The summed E-state index contributed by atoms with van der Waals surface area (Å²) in [6.45, 7) is 2.62. The van der Waals surface area contributed by atoms with Gasteiger partial charge < -0.3 is 83.2 Å².